The maximum absolute atomic E-state index is 13.7. The maximum atomic E-state index is 13.7. The molecule has 2 fully saturated rings. The number of nitrogens with zero attached hydrogens (tertiary/aromatic N) is 2. The first-order chi connectivity index (χ1) is 23.9. The van der Waals surface area contributed by atoms with Gasteiger partial charge in [-0.25, -0.2) is 0 Å². The molecule has 2 saturated heterocycles. The molecule has 9 heteroatoms. The molecule has 0 bridgehead atoms. The summed E-state index contributed by atoms with van der Waals surface area (Å²) in [4.78, 5) is 31.2. The molecule has 1 atom stereocenters. The van der Waals surface area contributed by atoms with Crippen LogP contribution in [0.15, 0.2) is 103 Å². The molecule has 0 aromatic heterocycles. The number of amides is 1. The predicted octanol–water partition coefficient (Wildman–Crippen LogP) is 6.31. The van der Waals surface area contributed by atoms with Crippen molar-refractivity contribution in [2.45, 2.75) is 32.6 Å². The Morgan fingerprint density at radius 2 is 1.55 bits per heavy atom. The number of carbonyl (C=O) groups excluding carboxylic acids is 2. The van der Waals surface area contributed by atoms with Gasteiger partial charge in [-0.3, -0.25) is 14.5 Å². The molecule has 6 rings (SSSR count). The van der Waals surface area contributed by atoms with Gasteiger partial charge in [0.15, 0.2) is 11.5 Å². The average molecular weight is 663 g/mol. The van der Waals surface area contributed by atoms with Gasteiger partial charge in [0.25, 0.3) is 11.7 Å². The van der Waals surface area contributed by atoms with Gasteiger partial charge in [-0.1, -0.05) is 66.2 Å². The van der Waals surface area contributed by atoms with E-state index in [9.17, 15) is 14.7 Å². The van der Waals surface area contributed by atoms with E-state index in [1.165, 1.54) is 0 Å². The van der Waals surface area contributed by atoms with Gasteiger partial charge in [0, 0.05) is 31.7 Å². The minimum Gasteiger partial charge on any atom is -0.507 e. The highest BCUT2D eigenvalue weighted by molar-refractivity contribution is 6.46. The van der Waals surface area contributed by atoms with Crippen molar-refractivity contribution in [3.05, 3.63) is 130 Å². The lowest BCUT2D eigenvalue weighted by Gasteiger charge is -2.29. The van der Waals surface area contributed by atoms with Crippen molar-refractivity contribution < 1.29 is 33.6 Å². The average Bonchev–Trinajstić information content (AvgIpc) is 3.39. The van der Waals surface area contributed by atoms with E-state index in [1.807, 2.05) is 61.5 Å². The fraction of sp³-hybridized carbons (Fsp3) is 0.300. The van der Waals surface area contributed by atoms with Crippen LogP contribution in [0, 0.1) is 6.92 Å². The van der Waals surface area contributed by atoms with Gasteiger partial charge in [-0.05, 0) is 66.4 Å². The first-order valence-electron chi connectivity index (χ1n) is 16.6. The van der Waals surface area contributed by atoms with E-state index in [2.05, 4.69) is 11.0 Å². The largest absolute Gasteiger partial charge is 0.507 e. The summed E-state index contributed by atoms with van der Waals surface area (Å²) in [5.41, 5.74) is 4.29. The summed E-state index contributed by atoms with van der Waals surface area (Å²) in [6, 6.07) is 29.4. The number of methoxy groups -OCH3 is 1. The molecule has 254 valence electrons. The second-order valence-corrected chi connectivity index (χ2v) is 12.3. The van der Waals surface area contributed by atoms with E-state index in [-0.39, 0.29) is 11.3 Å². The number of morpholine rings is 1. The van der Waals surface area contributed by atoms with Crippen LogP contribution in [0.2, 0.25) is 0 Å². The second-order valence-electron chi connectivity index (χ2n) is 12.3. The standard InChI is InChI=1S/C40H42N2O7/c1-28-8-6-11-30(24-28)27-48-33-15-12-31(13-16-33)38(43)36-37(42(40(45)39(36)44)19-7-18-41-20-22-47-23-21-41)32-14-17-34(35(25-32)46-2)49-26-29-9-4-3-5-10-29/h3-6,8-17,24-25,37,43H,7,18-23,26-27H2,1-2H3. The van der Waals surface area contributed by atoms with Crippen LogP contribution in [0.4, 0.5) is 0 Å². The molecule has 2 heterocycles. The predicted molar refractivity (Wildman–Crippen MR) is 187 cm³/mol. The number of ketones is 1. The van der Waals surface area contributed by atoms with E-state index < -0.39 is 17.7 Å². The number of hydrogen-bond donors (Lipinski definition) is 1. The number of carbonyl (C=O) groups is 2. The number of likely N-dealkylation sites (tertiary alicyclic amines) is 1. The SMILES string of the molecule is COc1cc(C2C(=C(O)c3ccc(OCc4cccc(C)c4)cc3)C(=O)C(=O)N2CCCN2CCOCC2)ccc1OCc1ccccc1. The van der Waals surface area contributed by atoms with Gasteiger partial charge in [-0.2, -0.15) is 0 Å². The van der Waals surface area contributed by atoms with Crippen LogP contribution in [0.3, 0.4) is 0 Å². The van der Waals surface area contributed by atoms with Crippen molar-refractivity contribution >= 4 is 17.4 Å². The Bertz CT molecular complexity index is 1780. The Morgan fingerprint density at radius 1 is 0.816 bits per heavy atom. The molecule has 0 radical (unpaired) electrons. The number of benzene rings is 4. The third-order valence-electron chi connectivity index (χ3n) is 8.87. The van der Waals surface area contributed by atoms with Crippen LogP contribution in [-0.2, 0) is 27.5 Å². The van der Waals surface area contributed by atoms with E-state index in [0.29, 0.717) is 67.8 Å². The molecular weight excluding hydrogens is 620 g/mol. The Hall–Kier alpha value is -5.12. The van der Waals surface area contributed by atoms with Gasteiger partial charge in [0.05, 0.1) is 31.9 Å². The molecule has 1 unspecified atom stereocenters. The van der Waals surface area contributed by atoms with E-state index in [1.54, 1.807) is 48.4 Å². The van der Waals surface area contributed by atoms with Crippen molar-refractivity contribution in [1.82, 2.24) is 9.80 Å². The summed E-state index contributed by atoms with van der Waals surface area (Å²) in [5, 5.41) is 11.7. The van der Waals surface area contributed by atoms with E-state index >= 15 is 0 Å². The molecule has 9 nitrogen and oxygen atoms in total. The minimum atomic E-state index is -0.820. The number of aryl methyl sites for hydroxylation is 1. The van der Waals surface area contributed by atoms with E-state index in [4.69, 9.17) is 18.9 Å². The lowest BCUT2D eigenvalue weighted by molar-refractivity contribution is -0.140. The third-order valence-corrected chi connectivity index (χ3v) is 8.87. The minimum absolute atomic E-state index is 0.0322. The molecule has 4 aromatic carbocycles. The highest BCUT2D eigenvalue weighted by Gasteiger charge is 2.46. The molecule has 0 saturated carbocycles. The molecule has 1 amide bonds. The fourth-order valence-electron chi connectivity index (χ4n) is 6.29. The summed E-state index contributed by atoms with van der Waals surface area (Å²) >= 11 is 0. The molecule has 49 heavy (non-hydrogen) atoms. The highest BCUT2D eigenvalue weighted by Crippen LogP contribution is 2.42. The van der Waals surface area contributed by atoms with Gasteiger partial charge in [0.2, 0.25) is 0 Å². The quantitative estimate of drug-likeness (QED) is 0.101. The zero-order chi connectivity index (χ0) is 34.2. The lowest BCUT2D eigenvalue weighted by atomic mass is 9.95. The smallest absolute Gasteiger partial charge is 0.295 e. The summed E-state index contributed by atoms with van der Waals surface area (Å²) in [6.45, 7) is 6.90. The number of aliphatic hydroxyl groups excluding tert-OH is 1. The zero-order valence-corrected chi connectivity index (χ0v) is 28.0. The van der Waals surface area contributed by atoms with Crippen molar-refractivity contribution in [2.24, 2.45) is 0 Å². The number of hydrogen-bond acceptors (Lipinski definition) is 8. The van der Waals surface area contributed by atoms with Crippen LogP contribution in [0.1, 0.15) is 40.3 Å². The first-order valence-corrected chi connectivity index (χ1v) is 16.6. The normalized spacial score (nSPS) is 17.7. The molecule has 0 aliphatic carbocycles. The summed E-state index contributed by atoms with van der Waals surface area (Å²) in [5.74, 6) is -0.00303. The molecule has 0 spiro atoms. The van der Waals surface area contributed by atoms with Crippen LogP contribution >= 0.6 is 0 Å². The maximum Gasteiger partial charge on any atom is 0.295 e. The molecule has 4 aromatic rings. The van der Waals surface area contributed by atoms with E-state index in [0.717, 1.165) is 36.3 Å². The molecule has 2 aliphatic rings. The molecule has 1 N–H and O–H groups in total. The third kappa shape index (κ3) is 8.13. The Morgan fingerprint density at radius 3 is 2.29 bits per heavy atom. The fourth-order valence-corrected chi connectivity index (χ4v) is 6.29. The monoisotopic (exact) mass is 662 g/mol. The van der Waals surface area contributed by atoms with Crippen LogP contribution in [0.5, 0.6) is 17.2 Å². The summed E-state index contributed by atoms with van der Waals surface area (Å²) in [6.07, 6.45) is 0.659. The number of Topliss-reactive ketones (excluding diaryl/α,β-unsaturated/α-hetero) is 1. The van der Waals surface area contributed by atoms with Crippen molar-refractivity contribution in [2.75, 3.05) is 46.5 Å². The summed E-state index contributed by atoms with van der Waals surface area (Å²) < 4.78 is 23.2. The number of aliphatic hydroxyl groups is 1. The first kappa shape index (κ1) is 33.8. The highest BCUT2D eigenvalue weighted by atomic mass is 16.5. The number of rotatable bonds is 13. The van der Waals surface area contributed by atoms with Gasteiger partial charge >= 0.3 is 0 Å². The van der Waals surface area contributed by atoms with Crippen molar-refractivity contribution in [3.8, 4) is 17.2 Å². The van der Waals surface area contributed by atoms with Crippen LogP contribution in [-0.4, -0.2) is 73.1 Å². The van der Waals surface area contributed by atoms with Crippen molar-refractivity contribution in [3.63, 3.8) is 0 Å². The zero-order valence-electron chi connectivity index (χ0n) is 28.0. The lowest BCUT2D eigenvalue weighted by Crippen LogP contribution is -2.39. The Balaban J connectivity index is 1.28. The van der Waals surface area contributed by atoms with Crippen LogP contribution < -0.4 is 14.2 Å². The topological polar surface area (TPSA) is 97.8 Å². The van der Waals surface area contributed by atoms with Crippen LogP contribution in [0.25, 0.3) is 5.76 Å². The van der Waals surface area contributed by atoms with Gasteiger partial charge in [0.1, 0.15) is 24.7 Å². The Kier molecular flexibility index (Phi) is 10.9. The molecule has 2 aliphatic heterocycles. The van der Waals surface area contributed by atoms with Gasteiger partial charge in [-0.15, -0.1) is 0 Å². The molecular formula is C40H42N2O7. The number of ether oxygens (including phenoxy) is 4. The summed E-state index contributed by atoms with van der Waals surface area (Å²) in [7, 11) is 1.55. The Labute approximate surface area is 287 Å². The second kappa shape index (κ2) is 15.9. The van der Waals surface area contributed by atoms with Crippen molar-refractivity contribution in [1.29, 1.82) is 0 Å². The van der Waals surface area contributed by atoms with Gasteiger partial charge < -0.3 is 29.0 Å².